The third kappa shape index (κ3) is 5.00. The van der Waals surface area contributed by atoms with Crippen LogP contribution in [0.15, 0.2) is 24.3 Å². The van der Waals surface area contributed by atoms with Gasteiger partial charge in [0.05, 0.1) is 6.10 Å². The minimum Gasteiger partial charge on any atom is -0.393 e. The summed E-state index contributed by atoms with van der Waals surface area (Å²) in [6, 6.07) is 6.60. The molecule has 0 radical (unpaired) electrons. The van der Waals surface area contributed by atoms with E-state index in [1.165, 1.54) is 0 Å². The molecule has 1 aromatic rings. The van der Waals surface area contributed by atoms with Gasteiger partial charge < -0.3 is 15.7 Å². The van der Waals surface area contributed by atoms with E-state index in [2.05, 4.69) is 10.6 Å². The van der Waals surface area contributed by atoms with Crippen LogP contribution in [-0.2, 0) is 0 Å². The molecule has 3 N–H and O–H groups in total. The number of urea groups is 1. The number of rotatable bonds is 4. The van der Waals surface area contributed by atoms with E-state index in [-0.39, 0.29) is 6.03 Å². The van der Waals surface area contributed by atoms with Gasteiger partial charge in [-0.1, -0.05) is 17.7 Å². The number of carbonyl (C=O) groups is 1. The fourth-order valence-corrected chi connectivity index (χ4v) is 1.33. The molecule has 0 fully saturated rings. The second kappa shape index (κ2) is 6.35. The number of hydrogen-bond donors (Lipinski definition) is 3. The lowest BCUT2D eigenvalue weighted by Crippen LogP contribution is -2.30. The highest BCUT2D eigenvalue weighted by molar-refractivity contribution is 6.30. The summed E-state index contributed by atoms with van der Waals surface area (Å²) in [7, 11) is 0. The van der Waals surface area contributed by atoms with E-state index in [0.29, 0.717) is 23.7 Å². The van der Waals surface area contributed by atoms with Crippen LogP contribution in [0, 0.1) is 0 Å². The SMILES string of the molecule is CC(O)CCNC(=O)Nc1cccc(Cl)c1. The summed E-state index contributed by atoms with van der Waals surface area (Å²) in [5.74, 6) is 0. The number of nitrogens with one attached hydrogen (secondary N) is 2. The Bertz CT molecular complexity index is 356. The maximum atomic E-state index is 11.4. The molecular weight excluding hydrogens is 228 g/mol. The largest absolute Gasteiger partial charge is 0.393 e. The number of aliphatic hydroxyl groups is 1. The average molecular weight is 243 g/mol. The lowest BCUT2D eigenvalue weighted by atomic mass is 10.3. The van der Waals surface area contributed by atoms with Gasteiger partial charge in [0, 0.05) is 17.3 Å². The number of aliphatic hydroxyl groups excluding tert-OH is 1. The summed E-state index contributed by atoms with van der Waals surface area (Å²) in [4.78, 5) is 11.4. The first-order valence-electron chi connectivity index (χ1n) is 5.06. The second-order valence-corrected chi connectivity index (χ2v) is 3.97. The third-order valence-electron chi connectivity index (χ3n) is 1.93. The Labute approximate surface area is 99.6 Å². The van der Waals surface area contributed by atoms with Gasteiger partial charge in [-0.3, -0.25) is 0 Å². The molecule has 1 aromatic carbocycles. The molecular formula is C11H15ClN2O2. The zero-order valence-electron chi connectivity index (χ0n) is 9.03. The Balaban J connectivity index is 2.34. The Morgan fingerprint density at radius 3 is 2.94 bits per heavy atom. The first-order valence-corrected chi connectivity index (χ1v) is 5.44. The summed E-state index contributed by atoms with van der Waals surface area (Å²) in [6.45, 7) is 2.11. The molecule has 1 atom stereocenters. The van der Waals surface area contributed by atoms with Gasteiger partial charge in [0.25, 0.3) is 0 Å². The monoisotopic (exact) mass is 242 g/mol. The highest BCUT2D eigenvalue weighted by Gasteiger charge is 2.02. The average Bonchev–Trinajstić information content (AvgIpc) is 2.16. The number of anilines is 1. The Hall–Kier alpha value is -1.26. The molecule has 88 valence electrons. The molecule has 0 aromatic heterocycles. The number of halogens is 1. The van der Waals surface area contributed by atoms with Gasteiger partial charge in [-0.25, -0.2) is 4.79 Å². The van der Waals surface area contributed by atoms with E-state index in [9.17, 15) is 4.79 Å². The normalized spacial score (nSPS) is 11.9. The molecule has 1 unspecified atom stereocenters. The molecule has 16 heavy (non-hydrogen) atoms. The Morgan fingerprint density at radius 1 is 1.56 bits per heavy atom. The predicted octanol–water partition coefficient (Wildman–Crippen LogP) is 2.23. The molecule has 0 aliphatic carbocycles. The summed E-state index contributed by atoms with van der Waals surface area (Å²) in [6.07, 6.45) is 0.120. The molecule has 0 saturated carbocycles. The fraction of sp³-hybridized carbons (Fsp3) is 0.364. The lowest BCUT2D eigenvalue weighted by molar-refractivity contribution is 0.184. The molecule has 2 amide bonds. The number of carbonyl (C=O) groups excluding carboxylic acids is 1. The highest BCUT2D eigenvalue weighted by Crippen LogP contribution is 2.14. The van der Waals surface area contributed by atoms with E-state index in [0.717, 1.165) is 0 Å². The van der Waals surface area contributed by atoms with Crippen LogP contribution in [0.1, 0.15) is 13.3 Å². The zero-order chi connectivity index (χ0) is 12.0. The van der Waals surface area contributed by atoms with Crippen LogP contribution < -0.4 is 10.6 Å². The van der Waals surface area contributed by atoms with Gasteiger partial charge in [0.15, 0.2) is 0 Å². The van der Waals surface area contributed by atoms with Gasteiger partial charge >= 0.3 is 6.03 Å². The van der Waals surface area contributed by atoms with Gasteiger partial charge in [0.2, 0.25) is 0 Å². The van der Waals surface area contributed by atoms with Crippen molar-refractivity contribution in [2.45, 2.75) is 19.4 Å². The summed E-state index contributed by atoms with van der Waals surface area (Å²) in [5, 5.41) is 14.8. The van der Waals surface area contributed by atoms with Gasteiger partial charge in [-0.05, 0) is 31.5 Å². The molecule has 4 nitrogen and oxygen atoms in total. The summed E-state index contributed by atoms with van der Waals surface area (Å²) >= 11 is 5.77. The quantitative estimate of drug-likeness (QED) is 0.758. The number of hydrogen-bond acceptors (Lipinski definition) is 2. The van der Waals surface area contributed by atoms with Crippen molar-refractivity contribution in [3.63, 3.8) is 0 Å². The maximum Gasteiger partial charge on any atom is 0.319 e. The van der Waals surface area contributed by atoms with Crippen LogP contribution >= 0.6 is 11.6 Å². The fourth-order valence-electron chi connectivity index (χ4n) is 1.14. The van der Waals surface area contributed by atoms with Gasteiger partial charge in [-0.2, -0.15) is 0 Å². The minimum absolute atomic E-state index is 0.303. The third-order valence-corrected chi connectivity index (χ3v) is 2.17. The van der Waals surface area contributed by atoms with Crippen LogP contribution in [-0.4, -0.2) is 23.8 Å². The minimum atomic E-state index is -0.411. The summed E-state index contributed by atoms with van der Waals surface area (Å²) < 4.78 is 0. The van der Waals surface area contributed by atoms with E-state index >= 15 is 0 Å². The van der Waals surface area contributed by atoms with Crippen LogP contribution in [0.5, 0.6) is 0 Å². The van der Waals surface area contributed by atoms with Crippen molar-refractivity contribution in [3.05, 3.63) is 29.3 Å². The molecule has 0 spiro atoms. The molecule has 0 saturated heterocycles. The lowest BCUT2D eigenvalue weighted by Gasteiger charge is -2.08. The van der Waals surface area contributed by atoms with Crippen molar-refractivity contribution in [1.82, 2.24) is 5.32 Å². The van der Waals surface area contributed by atoms with Crippen LogP contribution in [0.2, 0.25) is 5.02 Å². The Morgan fingerprint density at radius 2 is 2.31 bits per heavy atom. The second-order valence-electron chi connectivity index (χ2n) is 3.53. The van der Waals surface area contributed by atoms with E-state index in [1.807, 2.05) is 0 Å². The molecule has 5 heteroatoms. The van der Waals surface area contributed by atoms with Crippen molar-refractivity contribution in [1.29, 1.82) is 0 Å². The molecule has 0 bridgehead atoms. The van der Waals surface area contributed by atoms with Crippen molar-refractivity contribution >= 4 is 23.3 Å². The maximum absolute atomic E-state index is 11.4. The van der Waals surface area contributed by atoms with Gasteiger partial charge in [0.1, 0.15) is 0 Å². The van der Waals surface area contributed by atoms with Crippen molar-refractivity contribution in [3.8, 4) is 0 Å². The summed E-state index contributed by atoms with van der Waals surface area (Å²) in [5.41, 5.74) is 0.641. The van der Waals surface area contributed by atoms with Gasteiger partial charge in [-0.15, -0.1) is 0 Å². The first-order chi connectivity index (χ1) is 7.58. The predicted molar refractivity (Wildman–Crippen MR) is 64.8 cm³/mol. The van der Waals surface area contributed by atoms with E-state index < -0.39 is 6.10 Å². The standard InChI is InChI=1S/C11H15ClN2O2/c1-8(15)5-6-13-11(16)14-10-4-2-3-9(12)7-10/h2-4,7-8,15H,5-6H2,1H3,(H2,13,14,16). The van der Waals surface area contributed by atoms with Crippen LogP contribution in [0.25, 0.3) is 0 Å². The highest BCUT2D eigenvalue weighted by atomic mass is 35.5. The molecule has 0 aliphatic heterocycles. The topological polar surface area (TPSA) is 61.4 Å². The smallest absolute Gasteiger partial charge is 0.319 e. The van der Waals surface area contributed by atoms with Crippen molar-refractivity contribution < 1.29 is 9.90 Å². The van der Waals surface area contributed by atoms with Crippen molar-refractivity contribution in [2.75, 3.05) is 11.9 Å². The number of benzene rings is 1. The first kappa shape index (κ1) is 12.8. The van der Waals surface area contributed by atoms with Crippen LogP contribution in [0.4, 0.5) is 10.5 Å². The van der Waals surface area contributed by atoms with E-state index in [1.54, 1.807) is 31.2 Å². The molecule has 0 heterocycles. The van der Waals surface area contributed by atoms with E-state index in [4.69, 9.17) is 16.7 Å². The zero-order valence-corrected chi connectivity index (χ0v) is 9.79. The Kier molecular flexibility index (Phi) is 5.08. The molecule has 0 aliphatic rings. The number of amides is 2. The van der Waals surface area contributed by atoms with Crippen LogP contribution in [0.3, 0.4) is 0 Å². The van der Waals surface area contributed by atoms with Crippen molar-refractivity contribution in [2.24, 2.45) is 0 Å². The molecule has 1 rings (SSSR count).